The molecule has 0 spiro atoms. The van der Waals surface area contributed by atoms with Crippen LogP contribution < -0.4 is 0 Å². The van der Waals surface area contributed by atoms with Gasteiger partial charge in [-0.25, -0.2) is 0 Å². The van der Waals surface area contributed by atoms with Crippen LogP contribution in [0.2, 0.25) is 0 Å². The lowest BCUT2D eigenvalue weighted by Gasteiger charge is -2.16. The summed E-state index contributed by atoms with van der Waals surface area (Å²) in [6.45, 7) is 2.21. The maximum atomic E-state index is 12.6. The van der Waals surface area contributed by atoms with Crippen LogP contribution in [0.4, 0.5) is 5.69 Å². The largest absolute Gasteiger partial charge is 0.481 e. The number of aliphatic carboxylic acids is 1. The van der Waals surface area contributed by atoms with Gasteiger partial charge < -0.3 is 10.0 Å². The normalized spacial score (nSPS) is 23.8. The van der Waals surface area contributed by atoms with E-state index in [1.807, 2.05) is 0 Å². The van der Waals surface area contributed by atoms with Gasteiger partial charge in [-0.3, -0.25) is 19.7 Å². The maximum Gasteiger partial charge on any atom is 0.308 e. The summed E-state index contributed by atoms with van der Waals surface area (Å²) < 4.78 is 0. The van der Waals surface area contributed by atoms with Gasteiger partial charge in [0.1, 0.15) is 0 Å². The van der Waals surface area contributed by atoms with E-state index < -0.39 is 16.8 Å². The maximum absolute atomic E-state index is 12.6. The van der Waals surface area contributed by atoms with E-state index in [1.54, 1.807) is 19.1 Å². The highest BCUT2D eigenvalue weighted by Gasteiger charge is 2.47. The third kappa shape index (κ3) is 2.91. The minimum Gasteiger partial charge on any atom is -0.481 e. The lowest BCUT2D eigenvalue weighted by molar-refractivity contribution is -0.385. The van der Waals surface area contributed by atoms with E-state index in [2.05, 4.69) is 0 Å². The van der Waals surface area contributed by atoms with Crippen molar-refractivity contribution in [3.8, 4) is 0 Å². The lowest BCUT2D eigenvalue weighted by Crippen LogP contribution is -2.30. The van der Waals surface area contributed by atoms with Crippen molar-refractivity contribution in [1.29, 1.82) is 0 Å². The second-order valence-electron chi connectivity index (χ2n) is 6.41. The van der Waals surface area contributed by atoms with E-state index in [9.17, 15) is 24.8 Å². The topological polar surface area (TPSA) is 101 Å². The molecule has 1 saturated carbocycles. The number of nitro benzene ring substituents is 1. The smallest absolute Gasteiger partial charge is 0.308 e. The van der Waals surface area contributed by atoms with Crippen LogP contribution in [0.15, 0.2) is 18.2 Å². The van der Waals surface area contributed by atoms with E-state index in [0.717, 1.165) is 12.8 Å². The van der Waals surface area contributed by atoms with Gasteiger partial charge in [0.15, 0.2) is 0 Å². The van der Waals surface area contributed by atoms with Crippen LogP contribution in [0.3, 0.4) is 0 Å². The highest BCUT2D eigenvalue weighted by molar-refractivity contribution is 5.95. The summed E-state index contributed by atoms with van der Waals surface area (Å²) in [5.41, 5.74) is 0.638. The molecule has 0 bridgehead atoms. The Balaban J connectivity index is 1.82. The molecule has 0 unspecified atom stereocenters. The molecule has 1 N–H and O–H groups in total. The van der Waals surface area contributed by atoms with E-state index in [-0.39, 0.29) is 29.6 Å². The molecule has 1 saturated heterocycles. The highest BCUT2D eigenvalue weighted by Crippen LogP contribution is 2.44. The minimum absolute atomic E-state index is 0.00289. The molecule has 1 aliphatic carbocycles. The van der Waals surface area contributed by atoms with Gasteiger partial charge in [-0.1, -0.05) is 6.07 Å². The van der Waals surface area contributed by atoms with E-state index in [0.29, 0.717) is 18.0 Å². The summed E-state index contributed by atoms with van der Waals surface area (Å²) in [7, 11) is 0. The van der Waals surface area contributed by atoms with Gasteiger partial charge in [0.2, 0.25) is 0 Å². The first kappa shape index (κ1) is 15.5. The molecule has 23 heavy (non-hydrogen) atoms. The zero-order valence-corrected chi connectivity index (χ0v) is 12.8. The van der Waals surface area contributed by atoms with Crippen LogP contribution in [0.1, 0.15) is 28.8 Å². The van der Waals surface area contributed by atoms with E-state index in [1.165, 1.54) is 11.0 Å². The minimum atomic E-state index is -0.868. The van der Waals surface area contributed by atoms with Crippen molar-refractivity contribution < 1.29 is 19.6 Å². The number of likely N-dealkylation sites (tertiary alicyclic amines) is 1. The van der Waals surface area contributed by atoms with Crippen molar-refractivity contribution in [2.45, 2.75) is 19.8 Å². The zero-order chi connectivity index (χ0) is 16.7. The highest BCUT2D eigenvalue weighted by atomic mass is 16.6. The van der Waals surface area contributed by atoms with Crippen LogP contribution in [0.25, 0.3) is 0 Å². The molecule has 122 valence electrons. The average Bonchev–Trinajstić information content (AvgIpc) is 3.25. The summed E-state index contributed by atoms with van der Waals surface area (Å²) >= 11 is 0. The Bertz CT molecular complexity index is 683. The fraction of sp³-hybridized carbons (Fsp3) is 0.500. The van der Waals surface area contributed by atoms with Crippen molar-refractivity contribution in [2.75, 3.05) is 13.1 Å². The number of carboxylic acids is 1. The number of carbonyl (C=O) groups excluding carboxylic acids is 1. The van der Waals surface area contributed by atoms with Gasteiger partial charge in [-0.05, 0) is 37.7 Å². The first-order valence-electron chi connectivity index (χ1n) is 7.65. The molecular weight excluding hydrogens is 300 g/mol. The Morgan fingerprint density at radius 2 is 2.00 bits per heavy atom. The number of hydrogen-bond donors (Lipinski definition) is 1. The first-order chi connectivity index (χ1) is 10.9. The Morgan fingerprint density at radius 1 is 1.30 bits per heavy atom. The number of hydrogen-bond acceptors (Lipinski definition) is 4. The third-order valence-corrected chi connectivity index (χ3v) is 4.85. The second kappa shape index (κ2) is 5.64. The quantitative estimate of drug-likeness (QED) is 0.676. The number of nitrogens with zero attached hydrogens (tertiary/aromatic N) is 2. The summed E-state index contributed by atoms with van der Waals surface area (Å²) in [6, 6.07) is 4.39. The fourth-order valence-electron chi connectivity index (χ4n) is 3.38. The Morgan fingerprint density at radius 3 is 2.57 bits per heavy atom. The van der Waals surface area contributed by atoms with Crippen LogP contribution in [-0.4, -0.2) is 39.9 Å². The Labute approximate surface area is 133 Å². The molecular formula is C16H18N2O5. The van der Waals surface area contributed by atoms with Crippen LogP contribution in [0.5, 0.6) is 0 Å². The van der Waals surface area contributed by atoms with Crippen molar-refractivity contribution in [3.63, 3.8) is 0 Å². The van der Waals surface area contributed by atoms with Gasteiger partial charge in [0.25, 0.3) is 11.6 Å². The van der Waals surface area contributed by atoms with Crippen molar-refractivity contribution in [2.24, 2.45) is 17.8 Å². The van der Waals surface area contributed by atoms with Gasteiger partial charge in [0.05, 0.1) is 10.8 Å². The number of aryl methyl sites for hydroxylation is 1. The molecule has 0 aromatic heterocycles. The van der Waals surface area contributed by atoms with E-state index in [4.69, 9.17) is 0 Å². The van der Waals surface area contributed by atoms with Crippen molar-refractivity contribution >= 4 is 17.6 Å². The van der Waals surface area contributed by atoms with Crippen molar-refractivity contribution in [3.05, 3.63) is 39.4 Å². The molecule has 0 radical (unpaired) electrons. The number of carbonyl (C=O) groups is 2. The SMILES string of the molecule is Cc1ccc(C(=O)N2C[C@H](C(=O)O)[C@@H](C3CC3)C2)cc1[N+](=O)[O-]. The standard InChI is InChI=1S/C16H18N2O5/c1-9-2-3-11(6-14(9)18(22)23)15(19)17-7-12(10-4-5-10)13(8-17)16(20)21/h2-3,6,10,12-13H,4-5,7-8H2,1H3,(H,20,21)/t12-,13+/m1/s1. The first-order valence-corrected chi connectivity index (χ1v) is 7.65. The number of nitro groups is 1. The van der Waals surface area contributed by atoms with Gasteiger partial charge in [0, 0.05) is 30.3 Å². The molecule has 7 heteroatoms. The Hall–Kier alpha value is -2.44. The monoisotopic (exact) mass is 318 g/mol. The number of benzene rings is 1. The average molecular weight is 318 g/mol. The summed E-state index contributed by atoms with van der Waals surface area (Å²) in [6.07, 6.45) is 2.04. The fourth-order valence-corrected chi connectivity index (χ4v) is 3.38. The van der Waals surface area contributed by atoms with Crippen LogP contribution >= 0.6 is 0 Å². The molecule has 3 rings (SSSR count). The second-order valence-corrected chi connectivity index (χ2v) is 6.41. The lowest BCUT2D eigenvalue weighted by atomic mass is 9.92. The number of carboxylic acid groups (broad SMARTS) is 1. The third-order valence-electron chi connectivity index (χ3n) is 4.85. The zero-order valence-electron chi connectivity index (χ0n) is 12.8. The number of rotatable bonds is 4. The Kier molecular flexibility index (Phi) is 3.79. The van der Waals surface area contributed by atoms with E-state index >= 15 is 0 Å². The van der Waals surface area contributed by atoms with Crippen LogP contribution in [0, 0.1) is 34.8 Å². The summed E-state index contributed by atoms with van der Waals surface area (Å²) in [5, 5.41) is 20.4. The predicted molar refractivity (Wildman–Crippen MR) is 81.1 cm³/mol. The van der Waals surface area contributed by atoms with Gasteiger partial charge in [-0.2, -0.15) is 0 Å². The summed E-state index contributed by atoms with van der Waals surface area (Å²) in [4.78, 5) is 36.0. The molecule has 1 aromatic rings. The van der Waals surface area contributed by atoms with Crippen molar-refractivity contribution in [1.82, 2.24) is 4.90 Å². The molecule has 1 aliphatic heterocycles. The molecule has 1 aromatic carbocycles. The molecule has 2 fully saturated rings. The molecule has 2 aliphatic rings. The molecule has 2 atom stereocenters. The van der Waals surface area contributed by atoms with Gasteiger partial charge in [-0.15, -0.1) is 0 Å². The summed E-state index contributed by atoms with van der Waals surface area (Å²) in [5.74, 6) is -1.35. The van der Waals surface area contributed by atoms with Crippen LogP contribution in [-0.2, 0) is 4.79 Å². The molecule has 1 amide bonds. The molecule has 1 heterocycles. The van der Waals surface area contributed by atoms with Gasteiger partial charge >= 0.3 is 5.97 Å². The number of amides is 1. The predicted octanol–water partition coefficient (Wildman–Crippen LogP) is 2.09. The molecule has 7 nitrogen and oxygen atoms in total.